The first-order chi connectivity index (χ1) is 10.9. The first-order valence-electron chi connectivity index (χ1n) is 8.37. The molecule has 1 N–H and O–H groups in total. The van der Waals surface area contributed by atoms with Crippen molar-refractivity contribution in [1.29, 1.82) is 0 Å². The van der Waals surface area contributed by atoms with Crippen molar-refractivity contribution in [2.24, 2.45) is 0 Å². The largest absolute Gasteiger partial charge is 0.396 e. The molecule has 1 unspecified atom stereocenters. The van der Waals surface area contributed by atoms with Crippen molar-refractivity contribution in [3.8, 4) is 0 Å². The van der Waals surface area contributed by atoms with E-state index in [1.165, 1.54) is 36.1 Å². The van der Waals surface area contributed by atoms with Crippen LogP contribution in [0, 0.1) is 0 Å². The van der Waals surface area contributed by atoms with E-state index in [4.69, 9.17) is 5.11 Å². The van der Waals surface area contributed by atoms with Gasteiger partial charge >= 0.3 is 0 Å². The molecule has 1 saturated heterocycles. The van der Waals surface area contributed by atoms with Gasteiger partial charge in [0, 0.05) is 24.9 Å². The predicted molar refractivity (Wildman–Crippen MR) is 92.4 cm³/mol. The molecule has 1 heterocycles. The average Bonchev–Trinajstić information content (AvgIpc) is 2.58. The smallest absolute Gasteiger partial charge is 0.0471 e. The molecule has 0 radical (unpaired) electrons. The zero-order chi connectivity index (χ0) is 15.2. The van der Waals surface area contributed by atoms with Crippen LogP contribution in [0.2, 0.25) is 0 Å². The number of hydrogen-bond donors (Lipinski definition) is 1. The van der Waals surface area contributed by atoms with Crippen LogP contribution >= 0.6 is 0 Å². The fourth-order valence-electron chi connectivity index (χ4n) is 3.42. The van der Waals surface area contributed by atoms with Crippen LogP contribution in [-0.4, -0.2) is 24.3 Å². The highest BCUT2D eigenvalue weighted by atomic mass is 16.2. The van der Waals surface area contributed by atoms with Crippen molar-refractivity contribution < 1.29 is 5.11 Å². The molecule has 2 aromatic carbocycles. The molecule has 0 saturated carbocycles. The first-order valence-corrected chi connectivity index (χ1v) is 8.37. The molecule has 1 aliphatic heterocycles. The van der Waals surface area contributed by atoms with E-state index in [1.54, 1.807) is 0 Å². The summed E-state index contributed by atoms with van der Waals surface area (Å²) >= 11 is 0. The summed E-state index contributed by atoms with van der Waals surface area (Å²) in [5.41, 5.74) is 3.96. The Bertz CT molecular complexity index is 564. The number of anilines is 1. The lowest BCUT2D eigenvalue weighted by Crippen LogP contribution is -2.41. The maximum absolute atomic E-state index is 9.03. The maximum Gasteiger partial charge on any atom is 0.0471 e. The monoisotopic (exact) mass is 295 g/mol. The fourth-order valence-corrected chi connectivity index (χ4v) is 3.42. The normalized spacial score (nSPS) is 18.4. The summed E-state index contributed by atoms with van der Waals surface area (Å²) in [7, 11) is 0. The number of aliphatic hydroxyl groups excluding tert-OH is 1. The third-order valence-corrected chi connectivity index (χ3v) is 4.61. The van der Waals surface area contributed by atoms with Crippen molar-refractivity contribution in [2.75, 3.05) is 18.1 Å². The molecule has 1 atom stereocenters. The Hall–Kier alpha value is -1.80. The van der Waals surface area contributed by atoms with E-state index in [-0.39, 0.29) is 6.61 Å². The van der Waals surface area contributed by atoms with E-state index in [9.17, 15) is 0 Å². The number of aliphatic hydroxyl groups is 1. The Kier molecular flexibility index (Phi) is 5.12. The quantitative estimate of drug-likeness (QED) is 0.906. The molecule has 0 amide bonds. The summed E-state index contributed by atoms with van der Waals surface area (Å²) in [4.78, 5) is 2.57. The summed E-state index contributed by atoms with van der Waals surface area (Å²) in [6.07, 6.45) is 5.75. The lowest BCUT2D eigenvalue weighted by Gasteiger charge is -2.38. The van der Waals surface area contributed by atoms with Crippen LogP contribution in [0.4, 0.5) is 5.69 Å². The Morgan fingerprint density at radius 1 is 0.909 bits per heavy atom. The topological polar surface area (TPSA) is 23.5 Å². The first kappa shape index (κ1) is 15.1. The fraction of sp³-hybridized carbons (Fsp3) is 0.400. The SMILES string of the molecule is OCCc1ccc(N2CCCCC2Cc2ccccc2)cc1. The summed E-state index contributed by atoms with van der Waals surface area (Å²) in [5, 5.41) is 9.03. The third-order valence-electron chi connectivity index (χ3n) is 4.61. The van der Waals surface area contributed by atoms with Crippen molar-refractivity contribution in [1.82, 2.24) is 0 Å². The van der Waals surface area contributed by atoms with Gasteiger partial charge in [-0.05, 0) is 55.4 Å². The van der Waals surface area contributed by atoms with Crippen molar-refractivity contribution >= 4 is 5.69 Å². The Balaban J connectivity index is 1.74. The van der Waals surface area contributed by atoms with E-state index in [2.05, 4.69) is 59.5 Å². The second-order valence-electron chi connectivity index (χ2n) is 6.17. The highest BCUT2D eigenvalue weighted by Crippen LogP contribution is 2.27. The highest BCUT2D eigenvalue weighted by Gasteiger charge is 2.22. The molecular formula is C20H25NO. The Morgan fingerprint density at radius 2 is 1.68 bits per heavy atom. The molecule has 1 fully saturated rings. The second-order valence-corrected chi connectivity index (χ2v) is 6.17. The average molecular weight is 295 g/mol. The zero-order valence-electron chi connectivity index (χ0n) is 13.1. The zero-order valence-corrected chi connectivity index (χ0v) is 13.1. The standard InChI is InChI=1S/C20H25NO/c22-15-13-17-9-11-19(12-10-17)21-14-5-4-8-20(21)16-18-6-2-1-3-7-18/h1-3,6-7,9-12,20,22H,4-5,8,13-16H2. The van der Waals surface area contributed by atoms with E-state index in [0.29, 0.717) is 6.04 Å². The van der Waals surface area contributed by atoms with Gasteiger partial charge in [-0.3, -0.25) is 0 Å². The molecule has 116 valence electrons. The van der Waals surface area contributed by atoms with Gasteiger partial charge in [0.25, 0.3) is 0 Å². The van der Waals surface area contributed by atoms with Crippen LogP contribution in [0.25, 0.3) is 0 Å². The lowest BCUT2D eigenvalue weighted by molar-refractivity contribution is 0.299. The molecule has 0 aromatic heterocycles. The minimum Gasteiger partial charge on any atom is -0.396 e. The second kappa shape index (κ2) is 7.46. The van der Waals surface area contributed by atoms with Gasteiger partial charge in [0.15, 0.2) is 0 Å². The molecule has 2 nitrogen and oxygen atoms in total. The number of piperidine rings is 1. The van der Waals surface area contributed by atoms with Crippen LogP contribution < -0.4 is 4.90 Å². The minimum absolute atomic E-state index is 0.222. The Labute approximate surface area is 133 Å². The summed E-state index contributed by atoms with van der Waals surface area (Å²) in [6, 6.07) is 20.1. The molecule has 2 aromatic rings. The Morgan fingerprint density at radius 3 is 2.41 bits per heavy atom. The van der Waals surface area contributed by atoms with Crippen molar-refractivity contribution in [2.45, 2.75) is 38.1 Å². The lowest BCUT2D eigenvalue weighted by atomic mass is 9.95. The van der Waals surface area contributed by atoms with Crippen molar-refractivity contribution in [3.63, 3.8) is 0 Å². The van der Waals surface area contributed by atoms with Gasteiger partial charge in [-0.2, -0.15) is 0 Å². The van der Waals surface area contributed by atoms with Crippen LogP contribution in [-0.2, 0) is 12.8 Å². The number of benzene rings is 2. The molecule has 2 heteroatoms. The number of rotatable bonds is 5. The number of nitrogens with zero attached hydrogens (tertiary/aromatic N) is 1. The molecule has 1 aliphatic rings. The van der Waals surface area contributed by atoms with E-state index in [1.807, 2.05) is 0 Å². The van der Waals surface area contributed by atoms with Gasteiger partial charge in [0.2, 0.25) is 0 Å². The molecule has 0 bridgehead atoms. The number of hydrogen-bond acceptors (Lipinski definition) is 2. The van der Waals surface area contributed by atoms with Gasteiger partial charge in [0.05, 0.1) is 0 Å². The van der Waals surface area contributed by atoms with Crippen LogP contribution in [0.1, 0.15) is 30.4 Å². The maximum atomic E-state index is 9.03. The highest BCUT2D eigenvalue weighted by molar-refractivity contribution is 5.49. The van der Waals surface area contributed by atoms with Crippen molar-refractivity contribution in [3.05, 3.63) is 65.7 Å². The molecule has 22 heavy (non-hydrogen) atoms. The van der Waals surface area contributed by atoms with Gasteiger partial charge in [-0.15, -0.1) is 0 Å². The van der Waals surface area contributed by atoms with Gasteiger partial charge in [-0.25, -0.2) is 0 Å². The van der Waals surface area contributed by atoms with Gasteiger partial charge in [0.1, 0.15) is 0 Å². The van der Waals surface area contributed by atoms with E-state index >= 15 is 0 Å². The van der Waals surface area contributed by atoms with Gasteiger partial charge in [-0.1, -0.05) is 42.5 Å². The summed E-state index contributed by atoms with van der Waals surface area (Å²) in [5.74, 6) is 0. The van der Waals surface area contributed by atoms with E-state index in [0.717, 1.165) is 19.4 Å². The molecule has 0 spiro atoms. The van der Waals surface area contributed by atoms with Gasteiger partial charge < -0.3 is 10.0 Å². The third kappa shape index (κ3) is 3.69. The molecule has 0 aliphatic carbocycles. The summed E-state index contributed by atoms with van der Waals surface area (Å²) < 4.78 is 0. The van der Waals surface area contributed by atoms with E-state index < -0.39 is 0 Å². The van der Waals surface area contributed by atoms with Crippen LogP contribution in [0.15, 0.2) is 54.6 Å². The minimum atomic E-state index is 0.222. The van der Waals surface area contributed by atoms with Crippen LogP contribution in [0.3, 0.4) is 0 Å². The predicted octanol–water partition coefficient (Wildman–Crippen LogP) is 3.82. The molecular weight excluding hydrogens is 270 g/mol. The summed E-state index contributed by atoms with van der Waals surface area (Å²) in [6.45, 7) is 1.37. The van der Waals surface area contributed by atoms with Crippen LogP contribution in [0.5, 0.6) is 0 Å². The molecule has 3 rings (SSSR count).